The smallest absolute Gasteiger partial charge is 0.261 e. The first kappa shape index (κ1) is 22.4. The lowest BCUT2D eigenvalue weighted by Crippen LogP contribution is -2.15. The van der Waals surface area contributed by atoms with E-state index in [1.165, 1.54) is 24.3 Å². The molecular weight excluding hydrogens is 422 g/mol. The molecule has 1 amide bonds. The molecule has 162 valence electrons. The fourth-order valence-electron chi connectivity index (χ4n) is 2.89. The van der Waals surface area contributed by atoms with Gasteiger partial charge < -0.3 is 5.32 Å². The number of anilines is 2. The summed E-state index contributed by atoms with van der Waals surface area (Å²) in [5, 5.41) is 2.35. The van der Waals surface area contributed by atoms with Crippen molar-refractivity contribution >= 4 is 27.3 Å². The number of halogens is 2. The van der Waals surface area contributed by atoms with Crippen LogP contribution < -0.4 is 10.0 Å². The summed E-state index contributed by atoms with van der Waals surface area (Å²) in [7, 11) is -4.01. The summed E-state index contributed by atoms with van der Waals surface area (Å²) in [6.45, 7) is 2.10. The molecule has 3 aromatic carbocycles. The second kappa shape index (κ2) is 9.70. The average Bonchev–Trinajstić information content (AvgIpc) is 2.74. The summed E-state index contributed by atoms with van der Waals surface area (Å²) >= 11 is 0. The third kappa shape index (κ3) is 5.88. The van der Waals surface area contributed by atoms with E-state index in [4.69, 9.17) is 0 Å². The van der Waals surface area contributed by atoms with Crippen LogP contribution in [0.3, 0.4) is 0 Å². The van der Waals surface area contributed by atoms with Gasteiger partial charge in [0.25, 0.3) is 15.9 Å². The number of unbranched alkanes of at least 4 members (excludes halogenated alkanes) is 1. The van der Waals surface area contributed by atoms with Crippen molar-refractivity contribution in [1.29, 1.82) is 0 Å². The van der Waals surface area contributed by atoms with Gasteiger partial charge in [-0.3, -0.25) is 9.52 Å². The van der Waals surface area contributed by atoms with Gasteiger partial charge >= 0.3 is 0 Å². The zero-order chi connectivity index (χ0) is 22.4. The Kier molecular flexibility index (Phi) is 7.02. The zero-order valence-corrected chi connectivity index (χ0v) is 17.7. The molecule has 0 atom stereocenters. The number of amides is 1. The van der Waals surface area contributed by atoms with Gasteiger partial charge in [-0.15, -0.1) is 0 Å². The molecule has 0 radical (unpaired) electrons. The maximum atomic E-state index is 14.5. The number of carbonyl (C=O) groups excluding carboxylic acids is 1. The Morgan fingerprint density at radius 2 is 1.61 bits per heavy atom. The van der Waals surface area contributed by atoms with Gasteiger partial charge in [-0.25, -0.2) is 17.2 Å². The predicted octanol–water partition coefficient (Wildman–Crippen LogP) is 5.36. The maximum absolute atomic E-state index is 14.5. The molecule has 2 N–H and O–H groups in total. The van der Waals surface area contributed by atoms with Crippen LogP contribution >= 0.6 is 0 Å². The van der Waals surface area contributed by atoms with Crippen molar-refractivity contribution in [2.45, 2.75) is 31.1 Å². The highest BCUT2D eigenvalue weighted by atomic mass is 32.2. The molecular formula is C23H22F2N2O3S. The monoisotopic (exact) mass is 444 g/mol. The lowest BCUT2D eigenvalue weighted by atomic mass is 10.1. The van der Waals surface area contributed by atoms with E-state index in [2.05, 4.69) is 17.0 Å². The van der Waals surface area contributed by atoms with Crippen molar-refractivity contribution in [2.24, 2.45) is 0 Å². The van der Waals surface area contributed by atoms with E-state index in [9.17, 15) is 22.0 Å². The molecule has 0 heterocycles. The van der Waals surface area contributed by atoms with E-state index in [1.807, 2.05) is 12.1 Å². The van der Waals surface area contributed by atoms with E-state index in [0.717, 1.165) is 43.0 Å². The van der Waals surface area contributed by atoms with Gasteiger partial charge in [0.2, 0.25) is 0 Å². The Labute approximate surface area is 180 Å². The molecule has 0 aromatic heterocycles. The fourth-order valence-corrected chi connectivity index (χ4v) is 3.96. The SMILES string of the molecule is CCCCc1ccc(NS(=O)(=O)c2ccc(NC(=O)c3ccc(F)cc3)c(F)c2)cc1. The van der Waals surface area contributed by atoms with Crippen LogP contribution in [0.15, 0.2) is 71.6 Å². The second-order valence-electron chi connectivity index (χ2n) is 7.01. The first-order chi connectivity index (χ1) is 14.8. The third-order valence-electron chi connectivity index (χ3n) is 4.63. The van der Waals surface area contributed by atoms with Crippen molar-refractivity contribution in [3.63, 3.8) is 0 Å². The number of aryl methyl sites for hydroxylation is 1. The summed E-state index contributed by atoms with van der Waals surface area (Å²) in [5.74, 6) is -2.05. The summed E-state index contributed by atoms with van der Waals surface area (Å²) in [6.07, 6.45) is 3.04. The molecule has 0 aliphatic carbocycles. The van der Waals surface area contributed by atoms with Gasteiger partial charge in [-0.2, -0.15) is 0 Å². The summed E-state index contributed by atoms with van der Waals surface area (Å²) in [5.41, 5.74) is 1.43. The molecule has 8 heteroatoms. The van der Waals surface area contributed by atoms with Gasteiger partial charge in [0.1, 0.15) is 11.6 Å². The first-order valence-corrected chi connectivity index (χ1v) is 11.2. The molecule has 0 bridgehead atoms. The molecule has 0 aliphatic heterocycles. The number of rotatable bonds is 8. The van der Waals surface area contributed by atoms with Crippen LogP contribution in [0.2, 0.25) is 0 Å². The largest absolute Gasteiger partial charge is 0.319 e. The Hall–Kier alpha value is -3.26. The van der Waals surface area contributed by atoms with Crippen LogP contribution in [0.1, 0.15) is 35.7 Å². The summed E-state index contributed by atoms with van der Waals surface area (Å²) < 4.78 is 55.0. The van der Waals surface area contributed by atoms with Crippen LogP contribution in [0.4, 0.5) is 20.2 Å². The highest BCUT2D eigenvalue weighted by Gasteiger charge is 2.18. The molecule has 5 nitrogen and oxygen atoms in total. The zero-order valence-electron chi connectivity index (χ0n) is 16.9. The number of hydrogen-bond donors (Lipinski definition) is 2. The van der Waals surface area contributed by atoms with E-state index in [1.54, 1.807) is 12.1 Å². The van der Waals surface area contributed by atoms with Crippen LogP contribution in [0.5, 0.6) is 0 Å². The minimum absolute atomic E-state index is 0.140. The van der Waals surface area contributed by atoms with Gasteiger partial charge in [0, 0.05) is 11.3 Å². The molecule has 0 aliphatic rings. The van der Waals surface area contributed by atoms with E-state index >= 15 is 0 Å². The molecule has 0 spiro atoms. The minimum atomic E-state index is -4.01. The van der Waals surface area contributed by atoms with Crippen molar-refractivity contribution < 1.29 is 22.0 Å². The lowest BCUT2D eigenvalue weighted by Gasteiger charge is -2.11. The minimum Gasteiger partial charge on any atom is -0.319 e. The fraction of sp³-hybridized carbons (Fsp3) is 0.174. The van der Waals surface area contributed by atoms with E-state index in [-0.39, 0.29) is 16.1 Å². The third-order valence-corrected chi connectivity index (χ3v) is 6.01. The van der Waals surface area contributed by atoms with Crippen LogP contribution in [0, 0.1) is 11.6 Å². The van der Waals surface area contributed by atoms with E-state index < -0.39 is 27.6 Å². The average molecular weight is 445 g/mol. The first-order valence-electron chi connectivity index (χ1n) is 9.77. The molecule has 3 rings (SSSR count). The second-order valence-corrected chi connectivity index (χ2v) is 8.69. The molecule has 3 aromatic rings. The van der Waals surface area contributed by atoms with Crippen molar-refractivity contribution in [1.82, 2.24) is 0 Å². The number of sulfonamides is 1. The molecule has 0 fully saturated rings. The Morgan fingerprint density at radius 3 is 2.23 bits per heavy atom. The van der Waals surface area contributed by atoms with Crippen molar-refractivity contribution in [3.05, 3.63) is 89.5 Å². The summed E-state index contributed by atoms with van der Waals surface area (Å²) in [4.78, 5) is 11.9. The van der Waals surface area contributed by atoms with Crippen LogP contribution in [0.25, 0.3) is 0 Å². The van der Waals surface area contributed by atoms with Crippen molar-refractivity contribution in [2.75, 3.05) is 10.0 Å². The number of carbonyl (C=O) groups is 1. The number of nitrogens with one attached hydrogen (secondary N) is 2. The normalized spacial score (nSPS) is 11.2. The van der Waals surface area contributed by atoms with Gasteiger partial charge in [-0.05, 0) is 73.0 Å². The quantitative estimate of drug-likeness (QED) is 0.491. The molecule has 0 saturated carbocycles. The lowest BCUT2D eigenvalue weighted by molar-refractivity contribution is 0.102. The number of benzene rings is 3. The molecule has 0 saturated heterocycles. The van der Waals surface area contributed by atoms with Gasteiger partial charge in [0.15, 0.2) is 0 Å². The Morgan fingerprint density at radius 1 is 0.935 bits per heavy atom. The molecule has 31 heavy (non-hydrogen) atoms. The van der Waals surface area contributed by atoms with Crippen LogP contribution in [-0.2, 0) is 16.4 Å². The van der Waals surface area contributed by atoms with Gasteiger partial charge in [-0.1, -0.05) is 25.5 Å². The van der Waals surface area contributed by atoms with Gasteiger partial charge in [0.05, 0.1) is 10.6 Å². The highest BCUT2D eigenvalue weighted by molar-refractivity contribution is 7.92. The Balaban J connectivity index is 1.71. The van der Waals surface area contributed by atoms with E-state index in [0.29, 0.717) is 5.69 Å². The van der Waals surface area contributed by atoms with Crippen molar-refractivity contribution in [3.8, 4) is 0 Å². The Bertz CT molecular complexity index is 1160. The molecule has 0 unspecified atom stereocenters. The van der Waals surface area contributed by atoms with Crippen LogP contribution in [-0.4, -0.2) is 14.3 Å². The summed E-state index contributed by atoms with van der Waals surface area (Å²) in [6, 6.07) is 15.0. The maximum Gasteiger partial charge on any atom is 0.261 e. The predicted molar refractivity (Wildman–Crippen MR) is 117 cm³/mol. The number of hydrogen-bond acceptors (Lipinski definition) is 3. The topological polar surface area (TPSA) is 75.3 Å². The standard InChI is InChI=1S/C23H22F2N2O3S/c1-2-3-4-16-5-11-19(12-6-16)27-31(29,30)20-13-14-22(21(25)15-20)26-23(28)17-7-9-18(24)10-8-17/h5-15,27H,2-4H2,1H3,(H,26,28). The highest BCUT2D eigenvalue weighted by Crippen LogP contribution is 2.22.